The molecule has 1 N–H and O–H groups in total. The van der Waals surface area contributed by atoms with Gasteiger partial charge in [0.1, 0.15) is 15.9 Å². The fourth-order valence-corrected chi connectivity index (χ4v) is 3.25. The van der Waals surface area contributed by atoms with Crippen LogP contribution in [0.1, 0.15) is 25.0 Å². The standard InChI is InChI=1S/C18H20ClN3O5/c1-5-20-12-8-15-14(7-10(12)3)22-17-16(26-15)9-13(21-6-2)11(4)18(17)27-19(23,24)25/h7-9,21H,5-6H2,1-4H3. The van der Waals surface area contributed by atoms with Crippen molar-refractivity contribution in [1.82, 2.24) is 4.98 Å². The molecule has 8 nitrogen and oxygen atoms in total. The second-order valence-electron chi connectivity index (χ2n) is 6.01. The first kappa shape index (κ1) is 19.4. The summed E-state index contributed by atoms with van der Waals surface area (Å²) in [6.45, 7) is 8.61. The van der Waals surface area contributed by atoms with E-state index >= 15 is 0 Å². The predicted molar refractivity (Wildman–Crippen MR) is 91.0 cm³/mol. The van der Waals surface area contributed by atoms with E-state index in [1.807, 2.05) is 20.8 Å². The van der Waals surface area contributed by atoms with Gasteiger partial charge in [0.25, 0.3) is 0 Å². The Kier molecular flexibility index (Phi) is 5.25. The zero-order chi connectivity index (χ0) is 19.8. The molecule has 1 aromatic carbocycles. The van der Waals surface area contributed by atoms with Gasteiger partial charge in [-0.3, -0.25) is 4.99 Å². The van der Waals surface area contributed by atoms with E-state index in [1.54, 1.807) is 25.1 Å². The Hall–Kier alpha value is -2.39. The van der Waals surface area contributed by atoms with Crippen molar-refractivity contribution in [1.29, 1.82) is 0 Å². The molecule has 1 heterocycles. The number of fused-ring (bicyclic) bond motifs is 2. The van der Waals surface area contributed by atoms with E-state index in [4.69, 9.17) is 4.42 Å². The van der Waals surface area contributed by atoms with Crippen LogP contribution in [-0.4, -0.2) is 18.1 Å². The van der Waals surface area contributed by atoms with E-state index in [1.165, 1.54) is 0 Å². The van der Waals surface area contributed by atoms with Gasteiger partial charge in [-0.05, 0) is 39.3 Å². The average Bonchev–Trinajstić information content (AvgIpc) is 2.58. The third-order valence-electron chi connectivity index (χ3n) is 4.07. The third kappa shape index (κ3) is 3.98. The molecule has 144 valence electrons. The SMILES string of the molecule is CCN=c1cc2oc3cc(NCC)c(C)c(O[Cl+3]([O-])([O-])[O-])c3nc-2cc1C. The summed E-state index contributed by atoms with van der Waals surface area (Å²) in [5.41, 5.74) is 2.92. The molecule has 2 aliphatic rings. The molecular weight excluding hydrogens is 374 g/mol. The Morgan fingerprint density at radius 1 is 1.19 bits per heavy atom. The van der Waals surface area contributed by atoms with Gasteiger partial charge < -0.3 is 9.73 Å². The first-order valence-corrected chi connectivity index (χ1v) is 9.70. The molecule has 0 bridgehead atoms. The number of nitrogens with one attached hydrogen (secondary N) is 1. The first-order valence-electron chi connectivity index (χ1n) is 8.47. The number of halogens is 1. The highest BCUT2D eigenvalue weighted by atomic mass is 35.7. The monoisotopic (exact) mass is 393 g/mol. The summed E-state index contributed by atoms with van der Waals surface area (Å²) in [7, 11) is -4.68. The van der Waals surface area contributed by atoms with Crippen molar-refractivity contribution >= 4 is 16.8 Å². The van der Waals surface area contributed by atoms with E-state index in [0.29, 0.717) is 41.4 Å². The molecule has 1 aliphatic heterocycles. The zero-order valence-corrected chi connectivity index (χ0v) is 16.2. The molecular formula is C18H20ClN3O5. The molecule has 0 fully saturated rings. The Balaban J connectivity index is 2.36. The van der Waals surface area contributed by atoms with Gasteiger partial charge in [-0.25, -0.2) is 4.98 Å². The lowest BCUT2D eigenvalue weighted by molar-refractivity contribution is -1.91. The maximum atomic E-state index is 11.2. The summed E-state index contributed by atoms with van der Waals surface area (Å²) >= 11 is 0. The van der Waals surface area contributed by atoms with E-state index in [2.05, 4.69) is 19.6 Å². The van der Waals surface area contributed by atoms with Crippen molar-refractivity contribution < 1.29 is 32.9 Å². The maximum Gasteiger partial charge on any atom is 0.322 e. The topological polar surface area (TPSA) is 129 Å². The highest BCUT2D eigenvalue weighted by molar-refractivity contribution is 5.88. The van der Waals surface area contributed by atoms with E-state index in [9.17, 15) is 14.0 Å². The van der Waals surface area contributed by atoms with Gasteiger partial charge in [0.05, 0.1) is 5.36 Å². The summed E-state index contributed by atoms with van der Waals surface area (Å²) < 4.78 is 44.2. The molecule has 0 spiro atoms. The Bertz CT molecular complexity index is 1030. The van der Waals surface area contributed by atoms with Gasteiger partial charge >= 0.3 is 5.75 Å². The predicted octanol–water partition coefficient (Wildman–Crippen LogP) is 0.178. The highest BCUT2D eigenvalue weighted by Gasteiger charge is 2.29. The largest absolute Gasteiger partial charge is 0.452 e. The highest BCUT2D eigenvalue weighted by Crippen LogP contribution is 2.37. The van der Waals surface area contributed by atoms with Gasteiger partial charge in [-0.2, -0.15) is 14.0 Å². The molecule has 0 aromatic heterocycles. The Morgan fingerprint density at radius 3 is 2.56 bits per heavy atom. The van der Waals surface area contributed by atoms with E-state index in [-0.39, 0.29) is 11.3 Å². The third-order valence-corrected chi connectivity index (χ3v) is 4.41. The Labute approximate surface area is 158 Å². The van der Waals surface area contributed by atoms with Crippen LogP contribution in [0.3, 0.4) is 0 Å². The quantitative estimate of drug-likeness (QED) is 0.612. The summed E-state index contributed by atoms with van der Waals surface area (Å²) in [4.78, 5) is 8.91. The number of hydrogen-bond acceptors (Lipinski definition) is 8. The van der Waals surface area contributed by atoms with Gasteiger partial charge in [-0.15, -0.1) is 0 Å². The summed E-state index contributed by atoms with van der Waals surface area (Å²) in [6.07, 6.45) is 0. The van der Waals surface area contributed by atoms with Crippen LogP contribution in [0.25, 0.3) is 22.6 Å². The number of aromatic nitrogens is 1. The molecule has 0 saturated heterocycles. The second-order valence-corrected chi connectivity index (χ2v) is 6.92. The maximum absolute atomic E-state index is 11.2. The molecule has 0 radical (unpaired) electrons. The van der Waals surface area contributed by atoms with E-state index in [0.717, 1.165) is 10.9 Å². The lowest BCUT2D eigenvalue weighted by Crippen LogP contribution is -2.63. The van der Waals surface area contributed by atoms with Crippen LogP contribution in [0.5, 0.6) is 5.75 Å². The summed E-state index contributed by atoms with van der Waals surface area (Å²) in [5.74, 6) is 0.353. The van der Waals surface area contributed by atoms with Crippen LogP contribution in [0.4, 0.5) is 5.69 Å². The first-order chi connectivity index (χ1) is 12.7. The normalized spacial score (nSPS) is 12.8. The molecule has 1 aromatic rings. The van der Waals surface area contributed by atoms with Crippen LogP contribution < -0.4 is 28.9 Å². The van der Waals surface area contributed by atoms with Crippen LogP contribution in [0, 0.1) is 24.1 Å². The van der Waals surface area contributed by atoms with Crippen molar-refractivity contribution in [3.8, 4) is 17.2 Å². The Morgan fingerprint density at radius 2 is 1.93 bits per heavy atom. The molecule has 27 heavy (non-hydrogen) atoms. The smallest absolute Gasteiger partial charge is 0.322 e. The lowest BCUT2D eigenvalue weighted by atomic mass is 10.1. The number of benzene rings is 2. The summed E-state index contributed by atoms with van der Waals surface area (Å²) in [5, 5.41) is 3.89. The zero-order valence-electron chi connectivity index (χ0n) is 15.5. The van der Waals surface area contributed by atoms with Crippen LogP contribution in [0.15, 0.2) is 27.6 Å². The van der Waals surface area contributed by atoms with E-state index < -0.39 is 10.2 Å². The summed E-state index contributed by atoms with van der Waals surface area (Å²) in [6, 6.07) is 5.29. The molecule has 0 saturated carbocycles. The van der Waals surface area contributed by atoms with Crippen molar-refractivity contribution in [2.24, 2.45) is 4.99 Å². The number of rotatable bonds is 5. The minimum absolute atomic E-state index is 0.147. The van der Waals surface area contributed by atoms with Crippen molar-refractivity contribution in [3.05, 3.63) is 34.7 Å². The molecule has 1 aliphatic carbocycles. The fraction of sp³-hybridized carbons (Fsp3) is 0.333. The molecule has 3 rings (SSSR count). The van der Waals surface area contributed by atoms with Crippen LogP contribution >= 0.6 is 0 Å². The average molecular weight is 394 g/mol. The fourth-order valence-electron chi connectivity index (χ4n) is 2.88. The minimum Gasteiger partial charge on any atom is -0.452 e. The molecule has 0 amide bonds. The van der Waals surface area contributed by atoms with Crippen molar-refractivity contribution in [2.45, 2.75) is 27.7 Å². The van der Waals surface area contributed by atoms with Crippen LogP contribution in [-0.2, 0) is 0 Å². The number of hydrogen-bond donors (Lipinski definition) is 1. The molecule has 0 unspecified atom stereocenters. The number of anilines is 1. The van der Waals surface area contributed by atoms with Gasteiger partial charge in [0.2, 0.25) is 0 Å². The minimum atomic E-state index is -4.68. The van der Waals surface area contributed by atoms with Crippen LogP contribution in [0.2, 0.25) is 0 Å². The molecule has 0 atom stereocenters. The van der Waals surface area contributed by atoms with Gasteiger partial charge in [-0.1, -0.05) is 4.29 Å². The number of aryl methyl sites for hydroxylation is 1. The lowest BCUT2D eigenvalue weighted by Gasteiger charge is -2.17. The van der Waals surface area contributed by atoms with Gasteiger partial charge in [0, 0.05) is 36.5 Å². The van der Waals surface area contributed by atoms with Crippen molar-refractivity contribution in [3.63, 3.8) is 0 Å². The van der Waals surface area contributed by atoms with Gasteiger partial charge in [0.15, 0.2) is 16.9 Å². The number of nitrogens with zero attached hydrogens (tertiary/aromatic N) is 2. The second kappa shape index (κ2) is 7.32. The van der Waals surface area contributed by atoms with Crippen molar-refractivity contribution in [2.75, 3.05) is 18.4 Å². The molecule has 9 heteroatoms.